The van der Waals surface area contributed by atoms with Crippen molar-refractivity contribution in [3.8, 4) is 0 Å². The van der Waals surface area contributed by atoms with E-state index >= 15 is 0 Å². The highest BCUT2D eigenvalue weighted by molar-refractivity contribution is 6.30. The van der Waals surface area contributed by atoms with E-state index in [1.807, 2.05) is 18.2 Å². The molecule has 0 spiro atoms. The number of methoxy groups -OCH3 is 1. The molecule has 102 valence electrons. The van der Waals surface area contributed by atoms with Crippen LogP contribution in [-0.2, 0) is 11.3 Å². The third-order valence-electron chi connectivity index (χ3n) is 3.28. The average Bonchev–Trinajstić information content (AvgIpc) is 2.37. The van der Waals surface area contributed by atoms with Crippen LogP contribution in [0.3, 0.4) is 0 Å². The second kappa shape index (κ2) is 7.62. The van der Waals surface area contributed by atoms with Crippen LogP contribution in [0, 0.1) is 0 Å². The highest BCUT2D eigenvalue weighted by Gasteiger charge is 2.14. The normalized spacial score (nSPS) is 12.9. The molecule has 0 heterocycles. The van der Waals surface area contributed by atoms with Crippen molar-refractivity contribution in [3.05, 3.63) is 28.8 Å². The molecule has 1 aromatic carbocycles. The number of nitrogen functional groups attached to an aromatic ring is 1. The first kappa shape index (κ1) is 15.3. The monoisotopic (exact) mass is 270 g/mol. The first-order valence-electron chi connectivity index (χ1n) is 6.35. The Morgan fingerprint density at radius 3 is 2.78 bits per heavy atom. The number of ether oxygens (including phenoxy) is 1. The Labute approximate surface area is 115 Å². The van der Waals surface area contributed by atoms with Gasteiger partial charge in [-0.3, -0.25) is 4.90 Å². The van der Waals surface area contributed by atoms with Gasteiger partial charge in [0.05, 0.1) is 6.61 Å². The van der Waals surface area contributed by atoms with E-state index in [1.165, 1.54) is 0 Å². The number of nitrogens with zero attached hydrogens (tertiary/aromatic N) is 1. The lowest BCUT2D eigenvalue weighted by Gasteiger charge is -2.28. The molecule has 2 N–H and O–H groups in total. The fourth-order valence-electron chi connectivity index (χ4n) is 1.85. The van der Waals surface area contributed by atoms with E-state index in [-0.39, 0.29) is 0 Å². The minimum absolute atomic E-state index is 0.499. The molecule has 0 aliphatic rings. The topological polar surface area (TPSA) is 38.5 Å². The van der Waals surface area contributed by atoms with Crippen molar-refractivity contribution in [2.75, 3.05) is 26.0 Å². The van der Waals surface area contributed by atoms with Gasteiger partial charge >= 0.3 is 0 Å². The Balaban J connectivity index is 2.77. The van der Waals surface area contributed by atoms with Crippen molar-refractivity contribution < 1.29 is 4.74 Å². The van der Waals surface area contributed by atoms with Crippen molar-refractivity contribution in [3.63, 3.8) is 0 Å². The summed E-state index contributed by atoms with van der Waals surface area (Å²) in [6.45, 7) is 6.84. The lowest BCUT2D eigenvalue weighted by molar-refractivity contribution is 0.118. The van der Waals surface area contributed by atoms with Crippen LogP contribution in [0.25, 0.3) is 0 Å². The van der Waals surface area contributed by atoms with E-state index < -0.39 is 0 Å². The lowest BCUT2D eigenvalue weighted by Crippen LogP contribution is -2.35. The fourth-order valence-corrected chi connectivity index (χ4v) is 2.05. The van der Waals surface area contributed by atoms with E-state index in [0.29, 0.717) is 6.04 Å². The van der Waals surface area contributed by atoms with Crippen LogP contribution in [0.2, 0.25) is 5.02 Å². The fraction of sp³-hybridized carbons (Fsp3) is 0.571. The minimum Gasteiger partial charge on any atom is -0.398 e. The van der Waals surface area contributed by atoms with Crippen LogP contribution in [0.1, 0.15) is 25.8 Å². The highest BCUT2D eigenvalue weighted by Crippen LogP contribution is 2.20. The molecule has 1 aromatic rings. The molecule has 0 aliphatic heterocycles. The Morgan fingerprint density at radius 2 is 2.17 bits per heavy atom. The number of anilines is 1. The number of rotatable bonds is 7. The standard InChI is InChI=1S/C14H23ClN2O/c1-4-11(2)17(7-8-18-3)10-12-9-13(15)5-6-14(12)16/h5-6,9,11H,4,7-8,10,16H2,1-3H3. The van der Waals surface area contributed by atoms with Gasteiger partial charge in [-0.2, -0.15) is 0 Å². The van der Waals surface area contributed by atoms with Crippen molar-refractivity contribution in [2.45, 2.75) is 32.9 Å². The molecule has 0 radical (unpaired) electrons. The van der Waals surface area contributed by atoms with Gasteiger partial charge in [-0.25, -0.2) is 0 Å². The molecule has 0 bridgehead atoms. The summed E-state index contributed by atoms with van der Waals surface area (Å²) in [6, 6.07) is 6.13. The maximum Gasteiger partial charge on any atom is 0.0589 e. The Morgan fingerprint density at radius 1 is 1.44 bits per heavy atom. The van der Waals surface area contributed by atoms with Gasteiger partial charge in [0, 0.05) is 37.0 Å². The minimum atomic E-state index is 0.499. The van der Waals surface area contributed by atoms with Crippen LogP contribution in [0.5, 0.6) is 0 Å². The number of halogens is 1. The van der Waals surface area contributed by atoms with E-state index in [2.05, 4.69) is 18.7 Å². The second-order valence-corrected chi connectivity index (χ2v) is 5.00. The summed E-state index contributed by atoms with van der Waals surface area (Å²) in [4.78, 5) is 2.37. The van der Waals surface area contributed by atoms with Crippen LogP contribution in [-0.4, -0.2) is 31.2 Å². The summed E-state index contributed by atoms with van der Waals surface area (Å²) in [7, 11) is 1.72. The molecule has 0 fully saturated rings. The molecular formula is C14H23ClN2O. The van der Waals surface area contributed by atoms with Gasteiger partial charge in [0.2, 0.25) is 0 Å². The molecule has 0 saturated carbocycles. The van der Waals surface area contributed by atoms with Gasteiger partial charge in [-0.15, -0.1) is 0 Å². The van der Waals surface area contributed by atoms with Crippen molar-refractivity contribution in [1.29, 1.82) is 0 Å². The molecule has 1 rings (SSSR count). The average molecular weight is 271 g/mol. The predicted molar refractivity (Wildman–Crippen MR) is 77.9 cm³/mol. The zero-order valence-electron chi connectivity index (χ0n) is 11.4. The summed E-state index contributed by atoms with van der Waals surface area (Å²) in [5.74, 6) is 0. The molecule has 3 nitrogen and oxygen atoms in total. The summed E-state index contributed by atoms with van der Waals surface area (Å²) in [6.07, 6.45) is 1.10. The van der Waals surface area contributed by atoms with Gasteiger partial charge in [0.25, 0.3) is 0 Å². The molecule has 0 aromatic heterocycles. The predicted octanol–water partition coefficient (Wildman–Crippen LogP) is 3.17. The Hall–Kier alpha value is -0.770. The maximum absolute atomic E-state index is 6.02. The molecule has 0 amide bonds. The summed E-state index contributed by atoms with van der Waals surface area (Å²) >= 11 is 6.02. The van der Waals surface area contributed by atoms with Crippen molar-refractivity contribution in [1.82, 2.24) is 4.90 Å². The van der Waals surface area contributed by atoms with Gasteiger partial charge in [-0.05, 0) is 37.1 Å². The van der Waals surface area contributed by atoms with E-state index in [4.69, 9.17) is 22.1 Å². The number of nitrogens with two attached hydrogens (primary N) is 1. The van der Waals surface area contributed by atoms with E-state index in [9.17, 15) is 0 Å². The zero-order chi connectivity index (χ0) is 13.5. The SMILES string of the molecule is CCC(C)N(CCOC)Cc1cc(Cl)ccc1N. The largest absolute Gasteiger partial charge is 0.398 e. The molecule has 0 saturated heterocycles. The molecule has 1 atom stereocenters. The lowest BCUT2D eigenvalue weighted by atomic mass is 10.1. The van der Waals surface area contributed by atoms with E-state index in [1.54, 1.807) is 7.11 Å². The van der Waals surface area contributed by atoms with Gasteiger partial charge in [-0.1, -0.05) is 18.5 Å². The van der Waals surface area contributed by atoms with Crippen LogP contribution < -0.4 is 5.73 Å². The van der Waals surface area contributed by atoms with Gasteiger partial charge < -0.3 is 10.5 Å². The van der Waals surface area contributed by atoms with Crippen LogP contribution in [0.15, 0.2) is 18.2 Å². The first-order valence-corrected chi connectivity index (χ1v) is 6.73. The molecule has 18 heavy (non-hydrogen) atoms. The molecule has 4 heteroatoms. The van der Waals surface area contributed by atoms with Gasteiger partial charge in [0.15, 0.2) is 0 Å². The second-order valence-electron chi connectivity index (χ2n) is 4.56. The van der Waals surface area contributed by atoms with Gasteiger partial charge in [0.1, 0.15) is 0 Å². The third kappa shape index (κ3) is 4.48. The Kier molecular flexibility index (Phi) is 6.47. The highest BCUT2D eigenvalue weighted by atomic mass is 35.5. The Bertz CT molecular complexity index is 371. The zero-order valence-corrected chi connectivity index (χ0v) is 12.2. The maximum atomic E-state index is 6.02. The third-order valence-corrected chi connectivity index (χ3v) is 3.51. The number of hydrogen-bond acceptors (Lipinski definition) is 3. The summed E-state index contributed by atoms with van der Waals surface area (Å²) in [5, 5.41) is 0.732. The molecule has 1 unspecified atom stereocenters. The van der Waals surface area contributed by atoms with Crippen LogP contribution >= 0.6 is 11.6 Å². The van der Waals surface area contributed by atoms with Crippen molar-refractivity contribution >= 4 is 17.3 Å². The number of hydrogen-bond donors (Lipinski definition) is 1. The summed E-state index contributed by atoms with van der Waals surface area (Å²) in [5.41, 5.74) is 7.87. The van der Waals surface area contributed by atoms with E-state index in [0.717, 1.165) is 42.4 Å². The number of benzene rings is 1. The molecular weight excluding hydrogens is 248 g/mol. The van der Waals surface area contributed by atoms with Crippen LogP contribution in [0.4, 0.5) is 5.69 Å². The summed E-state index contributed by atoms with van der Waals surface area (Å²) < 4.78 is 5.16. The van der Waals surface area contributed by atoms with Crippen molar-refractivity contribution in [2.24, 2.45) is 0 Å². The first-order chi connectivity index (χ1) is 8.58. The molecule has 0 aliphatic carbocycles. The smallest absolute Gasteiger partial charge is 0.0589 e. The quantitative estimate of drug-likeness (QED) is 0.774.